The van der Waals surface area contributed by atoms with Crippen LogP contribution < -0.4 is 9.13 Å². The first-order chi connectivity index (χ1) is 33.6. The lowest BCUT2D eigenvalue weighted by Crippen LogP contribution is -2.37. The summed E-state index contributed by atoms with van der Waals surface area (Å²) in [6, 6.07) is 70.1. The highest BCUT2D eigenvalue weighted by Crippen LogP contribution is 2.40. The average molecular weight is 876 g/mol. The molecule has 0 spiro atoms. The highest BCUT2D eigenvalue weighted by atomic mass is 16.5. The van der Waals surface area contributed by atoms with E-state index in [1.54, 1.807) is 0 Å². The molecule has 0 N–H and O–H groups in total. The molecule has 1 atom stereocenters. The lowest BCUT2D eigenvalue weighted by molar-refractivity contribution is -0.633. The van der Waals surface area contributed by atoms with E-state index in [4.69, 9.17) is 4.74 Å². The first-order valence-electron chi connectivity index (χ1n) is 23.4. The number of aromatic nitrogens is 2. The fourth-order valence-electron chi connectivity index (χ4n) is 10.6. The van der Waals surface area contributed by atoms with Gasteiger partial charge < -0.3 is 9.64 Å². The van der Waals surface area contributed by atoms with E-state index in [0.717, 1.165) is 22.6 Å². The predicted molar refractivity (Wildman–Crippen MR) is 281 cm³/mol. The molecule has 2 aliphatic rings. The average Bonchev–Trinajstić information content (AvgIpc) is 3.40. The second-order valence-electron chi connectivity index (χ2n) is 17.8. The first kappa shape index (κ1) is 40.9. The van der Waals surface area contributed by atoms with E-state index in [1.165, 1.54) is 88.0 Å². The Hall–Kier alpha value is -8.60. The summed E-state index contributed by atoms with van der Waals surface area (Å²) in [5.74, 6) is 0.870. The number of allylic oxidation sites excluding steroid dienone is 4. The maximum Gasteiger partial charge on any atom is 0.214 e. The lowest BCUT2D eigenvalue weighted by Gasteiger charge is -2.36. The van der Waals surface area contributed by atoms with Gasteiger partial charge in [-0.1, -0.05) is 176 Å². The van der Waals surface area contributed by atoms with Crippen LogP contribution in [0.15, 0.2) is 248 Å². The molecule has 0 saturated carbocycles. The van der Waals surface area contributed by atoms with Gasteiger partial charge in [0.25, 0.3) is 0 Å². The number of para-hydroxylation sites is 2. The van der Waals surface area contributed by atoms with Crippen molar-refractivity contribution in [3.63, 3.8) is 0 Å². The molecule has 1 aliphatic carbocycles. The fourth-order valence-corrected chi connectivity index (χ4v) is 10.6. The molecular weight excluding hydrogens is 827 g/mol. The van der Waals surface area contributed by atoms with Crippen LogP contribution in [-0.4, -0.2) is 10.9 Å². The number of rotatable bonds is 9. The standard InChI is InChI=1S/C64H49N3O/c1-65-57-31-15-13-29-53(57)55(44-19-5-3-6-20-44)41-59(65)62-48(36-34-46-23-9-11-27-51(46)62)38-40-68-61-33-17-25-49-26-18-39-67(64(49)61)43-50-37-35-47-24-10-12-28-52(47)63(50)60-42-56(45-21-7-4-8-22-45)54-30-14-16-32-58(54)66(60)2/h3-42,64H,43H2,1-2H3/q+2. The highest BCUT2D eigenvalue weighted by Gasteiger charge is 2.31. The number of hydrogen-bond donors (Lipinski definition) is 0. The van der Waals surface area contributed by atoms with E-state index in [1.807, 2.05) is 6.26 Å². The minimum atomic E-state index is -0.123. The van der Waals surface area contributed by atoms with Crippen molar-refractivity contribution in [3.05, 3.63) is 259 Å². The van der Waals surface area contributed by atoms with E-state index < -0.39 is 0 Å². The number of fused-ring (bicyclic) bond motifs is 5. The van der Waals surface area contributed by atoms with Gasteiger partial charge in [-0.15, -0.1) is 0 Å². The largest absolute Gasteiger partial charge is 0.467 e. The molecule has 1 aliphatic heterocycles. The Morgan fingerprint density at radius 3 is 1.68 bits per heavy atom. The molecule has 3 heterocycles. The second kappa shape index (κ2) is 17.3. The summed E-state index contributed by atoms with van der Waals surface area (Å²) in [5, 5.41) is 7.27. The molecule has 4 nitrogen and oxygen atoms in total. The van der Waals surface area contributed by atoms with Crippen LogP contribution >= 0.6 is 0 Å². The van der Waals surface area contributed by atoms with Crippen molar-refractivity contribution in [2.75, 3.05) is 0 Å². The highest BCUT2D eigenvalue weighted by molar-refractivity contribution is 6.03. The fraction of sp³-hybridized carbons (Fsp3) is 0.0625. The summed E-state index contributed by atoms with van der Waals surface area (Å²) in [7, 11) is 4.38. The molecule has 1 unspecified atom stereocenters. The van der Waals surface area contributed by atoms with Crippen molar-refractivity contribution in [1.82, 2.24) is 4.90 Å². The summed E-state index contributed by atoms with van der Waals surface area (Å²) < 4.78 is 11.5. The summed E-state index contributed by atoms with van der Waals surface area (Å²) >= 11 is 0. The number of hydrogen-bond acceptors (Lipinski definition) is 2. The Kier molecular flexibility index (Phi) is 10.4. The number of benzene rings is 8. The number of ether oxygens (including phenoxy) is 1. The van der Waals surface area contributed by atoms with Crippen molar-refractivity contribution >= 4 is 49.4 Å². The van der Waals surface area contributed by atoms with Gasteiger partial charge in [-0.25, -0.2) is 0 Å². The minimum absolute atomic E-state index is 0.123. The van der Waals surface area contributed by atoms with Crippen LogP contribution in [0.4, 0.5) is 0 Å². The third-order valence-electron chi connectivity index (χ3n) is 13.9. The van der Waals surface area contributed by atoms with Crippen LogP contribution in [0.2, 0.25) is 0 Å². The Balaban J connectivity index is 0.928. The molecule has 10 aromatic rings. The molecule has 0 radical (unpaired) electrons. The van der Waals surface area contributed by atoms with Gasteiger partial charge in [-0.2, -0.15) is 9.13 Å². The van der Waals surface area contributed by atoms with Crippen molar-refractivity contribution in [2.45, 2.75) is 12.6 Å². The topological polar surface area (TPSA) is 20.2 Å². The van der Waals surface area contributed by atoms with Crippen LogP contribution in [0, 0.1) is 0 Å². The van der Waals surface area contributed by atoms with Crippen LogP contribution in [0.1, 0.15) is 11.1 Å². The summed E-state index contributed by atoms with van der Waals surface area (Å²) in [4.78, 5) is 2.42. The van der Waals surface area contributed by atoms with Gasteiger partial charge >= 0.3 is 0 Å². The van der Waals surface area contributed by atoms with Gasteiger partial charge in [-0.3, -0.25) is 0 Å². The maximum absolute atomic E-state index is 6.84. The van der Waals surface area contributed by atoms with Crippen molar-refractivity contribution in [3.8, 4) is 44.8 Å². The first-order valence-corrected chi connectivity index (χ1v) is 23.4. The SMILES string of the molecule is C[n+]1c(-c2c(C=COC3=CC=CC4=CC=CN(Cc5ccc6ccccc6c5-c5cc(-c6ccccc6)c6ccccc6[n+]5C)C43)ccc3ccccc23)cc(-c2ccccc2)c2ccccc21. The normalized spacial score (nSPS) is 14.5. The van der Waals surface area contributed by atoms with Crippen LogP contribution in [-0.2, 0) is 25.4 Å². The van der Waals surface area contributed by atoms with Crippen LogP contribution in [0.5, 0.6) is 0 Å². The number of aryl methyl sites for hydroxylation is 2. The smallest absolute Gasteiger partial charge is 0.214 e. The van der Waals surface area contributed by atoms with Crippen molar-refractivity contribution in [1.29, 1.82) is 0 Å². The molecule has 324 valence electrons. The van der Waals surface area contributed by atoms with Gasteiger partial charge in [0.1, 0.15) is 25.9 Å². The van der Waals surface area contributed by atoms with Gasteiger partial charge in [-0.05, 0) is 79.7 Å². The third-order valence-corrected chi connectivity index (χ3v) is 13.9. The Bertz CT molecular complexity index is 3770. The molecule has 0 saturated heterocycles. The van der Waals surface area contributed by atoms with Gasteiger partial charge in [0.15, 0.2) is 0 Å². The third kappa shape index (κ3) is 7.19. The van der Waals surface area contributed by atoms with Gasteiger partial charge in [0.05, 0.1) is 28.2 Å². The maximum atomic E-state index is 6.84. The Morgan fingerprint density at radius 1 is 0.515 bits per heavy atom. The molecule has 0 bridgehead atoms. The number of pyridine rings is 2. The zero-order valence-electron chi connectivity index (χ0n) is 38.1. The summed E-state index contributed by atoms with van der Waals surface area (Å²) in [6.07, 6.45) is 17.0. The molecule has 68 heavy (non-hydrogen) atoms. The molecule has 0 amide bonds. The minimum Gasteiger partial charge on any atom is -0.467 e. The van der Waals surface area contributed by atoms with Crippen molar-refractivity contribution in [2.24, 2.45) is 14.1 Å². The Labute approximate surface area is 397 Å². The molecular formula is C64H49N3O+2. The molecule has 12 rings (SSSR count). The van der Waals surface area contributed by atoms with Gasteiger partial charge in [0, 0.05) is 48.1 Å². The molecule has 8 aromatic carbocycles. The van der Waals surface area contributed by atoms with Crippen molar-refractivity contribution < 1.29 is 13.9 Å². The molecule has 4 heteroatoms. The molecule has 2 aromatic heterocycles. The zero-order chi connectivity index (χ0) is 45.6. The Morgan fingerprint density at radius 2 is 1.04 bits per heavy atom. The van der Waals surface area contributed by atoms with E-state index in [9.17, 15) is 0 Å². The van der Waals surface area contributed by atoms with Crippen LogP contribution in [0.3, 0.4) is 0 Å². The quantitative estimate of drug-likeness (QED) is 0.106. The second-order valence-corrected chi connectivity index (χ2v) is 17.8. The lowest BCUT2D eigenvalue weighted by atomic mass is 9.91. The predicted octanol–water partition coefficient (Wildman–Crippen LogP) is 14.4. The van der Waals surface area contributed by atoms with Crippen LogP contribution in [0.25, 0.3) is 94.2 Å². The van der Waals surface area contributed by atoms with E-state index >= 15 is 0 Å². The van der Waals surface area contributed by atoms with E-state index in [2.05, 4.69) is 265 Å². The van der Waals surface area contributed by atoms with E-state index in [-0.39, 0.29) is 6.04 Å². The summed E-state index contributed by atoms with van der Waals surface area (Å²) in [6.45, 7) is 0.668. The molecule has 0 fully saturated rings. The van der Waals surface area contributed by atoms with Gasteiger partial charge in [0.2, 0.25) is 22.4 Å². The zero-order valence-corrected chi connectivity index (χ0v) is 38.1. The number of nitrogens with zero attached hydrogens (tertiary/aromatic N) is 3. The monoisotopic (exact) mass is 875 g/mol. The van der Waals surface area contributed by atoms with E-state index in [0.29, 0.717) is 6.54 Å². The summed E-state index contributed by atoms with van der Waals surface area (Å²) in [5.41, 5.74) is 15.4.